The third-order valence-corrected chi connectivity index (χ3v) is 6.44. The number of hydrogen-bond acceptors (Lipinski definition) is 6. The van der Waals surface area contributed by atoms with Crippen molar-refractivity contribution in [2.24, 2.45) is 0 Å². The zero-order chi connectivity index (χ0) is 20.1. The Morgan fingerprint density at radius 3 is 2.54 bits per heavy atom. The lowest BCUT2D eigenvalue weighted by Gasteiger charge is -2.09. The van der Waals surface area contributed by atoms with Crippen LogP contribution in [0.25, 0.3) is 0 Å². The first-order valence-corrected chi connectivity index (χ1v) is 11.0. The molecule has 3 aromatic rings. The Balaban J connectivity index is 1.65. The summed E-state index contributed by atoms with van der Waals surface area (Å²) in [5, 5.41) is 12.4. The molecule has 0 saturated heterocycles. The average molecular weight is 475 g/mol. The molecule has 1 heterocycles. The molecule has 1 amide bonds. The summed E-state index contributed by atoms with van der Waals surface area (Å²) in [6.07, 6.45) is 0. The second-order valence-corrected chi connectivity index (χ2v) is 8.83. The van der Waals surface area contributed by atoms with Crippen LogP contribution in [0.2, 0.25) is 15.1 Å². The second-order valence-electron chi connectivity index (χ2n) is 5.41. The van der Waals surface area contributed by atoms with E-state index in [0.717, 1.165) is 9.90 Å². The number of carbonyl (C=O) groups excluding carboxylic acids is 1. The van der Waals surface area contributed by atoms with Gasteiger partial charge in [-0.3, -0.25) is 10.1 Å². The Bertz CT molecular complexity index is 975. The van der Waals surface area contributed by atoms with E-state index < -0.39 is 0 Å². The van der Waals surface area contributed by atoms with Crippen molar-refractivity contribution >= 4 is 68.9 Å². The van der Waals surface area contributed by atoms with Gasteiger partial charge in [0.1, 0.15) is 0 Å². The lowest BCUT2D eigenvalue weighted by molar-refractivity contribution is 0.102. The van der Waals surface area contributed by atoms with Crippen LogP contribution in [0.4, 0.5) is 5.13 Å². The molecule has 0 unspecified atom stereocenters. The van der Waals surface area contributed by atoms with Crippen LogP contribution < -0.4 is 10.1 Å². The Hall–Kier alpha value is -1.51. The smallest absolute Gasteiger partial charge is 0.257 e. The van der Waals surface area contributed by atoms with Crippen molar-refractivity contribution in [3.8, 4) is 5.75 Å². The quantitative estimate of drug-likeness (QED) is 0.315. The van der Waals surface area contributed by atoms with Gasteiger partial charge in [0.05, 0.1) is 16.7 Å². The molecule has 5 nitrogen and oxygen atoms in total. The number of amides is 1. The minimum Gasteiger partial charge on any atom is -0.491 e. The molecule has 0 fully saturated rings. The van der Waals surface area contributed by atoms with Crippen molar-refractivity contribution in [2.45, 2.75) is 17.0 Å². The van der Waals surface area contributed by atoms with Gasteiger partial charge in [-0.05, 0) is 30.7 Å². The molecule has 28 heavy (non-hydrogen) atoms. The van der Waals surface area contributed by atoms with E-state index in [-0.39, 0.29) is 16.0 Å². The van der Waals surface area contributed by atoms with Crippen LogP contribution in [0.15, 0.2) is 40.7 Å². The molecule has 0 aliphatic rings. The molecule has 0 aliphatic heterocycles. The predicted molar refractivity (Wildman–Crippen MR) is 117 cm³/mol. The Morgan fingerprint density at radius 1 is 1.14 bits per heavy atom. The van der Waals surface area contributed by atoms with Crippen LogP contribution in [0, 0.1) is 0 Å². The molecular formula is C18H14Cl3N3O2S2. The number of nitrogens with one attached hydrogen (secondary N) is 1. The maximum absolute atomic E-state index is 12.5. The fourth-order valence-corrected chi connectivity index (χ4v) is 4.84. The van der Waals surface area contributed by atoms with Gasteiger partial charge < -0.3 is 4.74 Å². The largest absolute Gasteiger partial charge is 0.491 e. The maximum atomic E-state index is 12.5. The average Bonchev–Trinajstić information content (AvgIpc) is 3.11. The Labute approximate surface area is 185 Å². The predicted octanol–water partition coefficient (Wildman–Crippen LogP) is 6.44. The lowest BCUT2D eigenvalue weighted by Crippen LogP contribution is -2.12. The number of halogens is 3. The van der Waals surface area contributed by atoms with Gasteiger partial charge in [0.15, 0.2) is 10.1 Å². The lowest BCUT2D eigenvalue weighted by atomic mass is 10.2. The van der Waals surface area contributed by atoms with Gasteiger partial charge in [0.2, 0.25) is 5.13 Å². The summed E-state index contributed by atoms with van der Waals surface area (Å²) in [6.45, 7) is 2.24. The summed E-state index contributed by atoms with van der Waals surface area (Å²) in [7, 11) is 0. The third kappa shape index (κ3) is 5.30. The van der Waals surface area contributed by atoms with E-state index in [1.165, 1.54) is 35.2 Å². The summed E-state index contributed by atoms with van der Waals surface area (Å²) >= 11 is 21.2. The highest BCUT2D eigenvalue weighted by molar-refractivity contribution is 8.00. The van der Waals surface area contributed by atoms with Gasteiger partial charge in [0.25, 0.3) is 5.91 Å². The number of aromatic nitrogens is 2. The van der Waals surface area contributed by atoms with Crippen LogP contribution in [0.3, 0.4) is 0 Å². The summed E-state index contributed by atoms with van der Waals surface area (Å²) in [4.78, 5) is 12.5. The van der Waals surface area contributed by atoms with Crippen LogP contribution in [-0.2, 0) is 5.75 Å². The molecule has 3 rings (SSSR count). The number of carbonyl (C=O) groups is 1. The number of rotatable bonds is 7. The van der Waals surface area contributed by atoms with Gasteiger partial charge >= 0.3 is 0 Å². The van der Waals surface area contributed by atoms with Crippen LogP contribution in [0.5, 0.6) is 5.75 Å². The van der Waals surface area contributed by atoms with E-state index in [4.69, 9.17) is 39.5 Å². The van der Waals surface area contributed by atoms with Crippen molar-refractivity contribution in [3.05, 3.63) is 62.6 Å². The topological polar surface area (TPSA) is 64.1 Å². The molecule has 2 aromatic carbocycles. The number of benzene rings is 2. The molecule has 0 aliphatic carbocycles. The van der Waals surface area contributed by atoms with Crippen molar-refractivity contribution < 1.29 is 9.53 Å². The summed E-state index contributed by atoms with van der Waals surface area (Å²) < 4.78 is 6.09. The van der Waals surface area contributed by atoms with Crippen LogP contribution >= 0.6 is 57.9 Å². The first-order valence-electron chi connectivity index (χ1n) is 8.10. The number of thioether (sulfide) groups is 1. The van der Waals surface area contributed by atoms with Gasteiger partial charge in [-0.15, -0.1) is 10.2 Å². The van der Waals surface area contributed by atoms with E-state index >= 15 is 0 Å². The molecule has 0 bridgehead atoms. The molecule has 1 aromatic heterocycles. The normalized spacial score (nSPS) is 10.7. The maximum Gasteiger partial charge on any atom is 0.257 e. The highest BCUT2D eigenvalue weighted by Gasteiger charge is 2.16. The number of ether oxygens (including phenoxy) is 1. The van der Waals surface area contributed by atoms with Gasteiger partial charge in [0, 0.05) is 16.3 Å². The van der Waals surface area contributed by atoms with Crippen molar-refractivity contribution in [1.82, 2.24) is 10.2 Å². The first-order chi connectivity index (χ1) is 13.5. The van der Waals surface area contributed by atoms with E-state index in [0.29, 0.717) is 33.8 Å². The SMILES string of the molecule is CCOc1c(Cl)cc(C(=O)Nc2nnc(SCc3ccccc3Cl)s2)cc1Cl. The molecule has 146 valence electrons. The molecule has 0 spiro atoms. The van der Waals surface area contributed by atoms with Crippen molar-refractivity contribution in [3.63, 3.8) is 0 Å². The monoisotopic (exact) mass is 473 g/mol. The fraction of sp³-hybridized carbons (Fsp3) is 0.167. The highest BCUT2D eigenvalue weighted by Crippen LogP contribution is 2.35. The number of hydrogen-bond donors (Lipinski definition) is 1. The minimum atomic E-state index is -0.384. The van der Waals surface area contributed by atoms with E-state index in [2.05, 4.69) is 15.5 Å². The van der Waals surface area contributed by atoms with Crippen molar-refractivity contribution in [1.29, 1.82) is 0 Å². The summed E-state index contributed by atoms with van der Waals surface area (Å²) in [5.74, 6) is 0.633. The molecule has 10 heteroatoms. The number of anilines is 1. The van der Waals surface area contributed by atoms with Gasteiger partial charge in [-0.2, -0.15) is 0 Å². The first kappa shape index (κ1) is 21.2. The van der Waals surface area contributed by atoms with E-state index in [9.17, 15) is 4.79 Å². The highest BCUT2D eigenvalue weighted by atomic mass is 35.5. The molecule has 1 N–H and O–H groups in total. The fourth-order valence-electron chi connectivity index (χ4n) is 2.22. The standard InChI is InChI=1S/C18H14Cl3N3O2S2/c1-2-26-15-13(20)7-11(8-14(15)21)16(25)22-17-23-24-18(28-17)27-9-10-5-3-4-6-12(10)19/h3-8H,2,9H2,1H3,(H,22,23,25). The summed E-state index contributed by atoms with van der Waals surface area (Å²) in [6, 6.07) is 10.6. The van der Waals surface area contributed by atoms with Crippen LogP contribution in [-0.4, -0.2) is 22.7 Å². The van der Waals surface area contributed by atoms with E-state index in [1.807, 2.05) is 31.2 Å². The van der Waals surface area contributed by atoms with E-state index in [1.54, 1.807) is 0 Å². The zero-order valence-electron chi connectivity index (χ0n) is 14.5. The Kier molecular flexibility index (Phi) is 7.42. The van der Waals surface area contributed by atoms with Crippen LogP contribution in [0.1, 0.15) is 22.8 Å². The second kappa shape index (κ2) is 9.80. The molecular weight excluding hydrogens is 461 g/mol. The molecule has 0 saturated carbocycles. The molecule has 0 radical (unpaired) electrons. The minimum absolute atomic E-state index is 0.271. The number of nitrogens with zero attached hydrogens (tertiary/aromatic N) is 2. The van der Waals surface area contributed by atoms with Gasteiger partial charge in [-0.1, -0.05) is 76.1 Å². The summed E-state index contributed by atoms with van der Waals surface area (Å²) in [5.41, 5.74) is 1.31. The Morgan fingerprint density at radius 2 is 1.86 bits per heavy atom. The van der Waals surface area contributed by atoms with Crippen molar-refractivity contribution in [2.75, 3.05) is 11.9 Å². The third-order valence-electron chi connectivity index (χ3n) is 3.49. The zero-order valence-corrected chi connectivity index (χ0v) is 18.4. The van der Waals surface area contributed by atoms with Gasteiger partial charge in [-0.25, -0.2) is 0 Å². The molecule has 0 atom stereocenters.